The van der Waals surface area contributed by atoms with Crippen LogP contribution >= 0.6 is 0 Å². The number of hydrogen-bond acceptors (Lipinski definition) is 9. The van der Waals surface area contributed by atoms with E-state index < -0.39 is 38.8 Å². The van der Waals surface area contributed by atoms with E-state index in [1.54, 1.807) is 13.0 Å². The van der Waals surface area contributed by atoms with Gasteiger partial charge in [-0.3, -0.25) is 19.2 Å². The molecule has 69 heavy (non-hydrogen) atoms. The predicted molar refractivity (Wildman–Crippen MR) is 263 cm³/mol. The van der Waals surface area contributed by atoms with E-state index in [0.29, 0.717) is 22.8 Å². The summed E-state index contributed by atoms with van der Waals surface area (Å²) in [4.78, 5) is 56.4. The lowest BCUT2D eigenvalue weighted by Gasteiger charge is -2.70. The van der Waals surface area contributed by atoms with Crippen molar-refractivity contribution in [1.29, 1.82) is 0 Å². The Morgan fingerprint density at radius 1 is 0.609 bits per heavy atom. The molecule has 14 atom stereocenters. The SMILES string of the molecule is COC(=O)[C@]1(C)CC[C@]2(C)CC[C@]3(C)C4=CC=C5C(=CC(=O)[C@@]6(O)Oc7c(cc8c(c7C)C(=O)C=C7[C@@]8(C)CC[C@@]8(C)[C@H]9C[C@](C)(C(=O)OC)CC[C@]9(C)CC[C@]78C)O[C@@]56C)[C@]4(C)CC[C@@]3(C)[C@@H]2C1. The average molecular weight is 943 g/mol. The smallest absolute Gasteiger partial charge is 0.317 e. The molecule has 1 aromatic rings. The van der Waals surface area contributed by atoms with Gasteiger partial charge in [-0.2, -0.15) is 0 Å². The first-order chi connectivity index (χ1) is 32.0. The fourth-order valence-corrected chi connectivity index (χ4v) is 18.9. The number of esters is 2. The van der Waals surface area contributed by atoms with Gasteiger partial charge in [0.05, 0.1) is 25.0 Å². The van der Waals surface area contributed by atoms with Gasteiger partial charge in [-0.05, 0) is 197 Å². The molecule has 0 spiro atoms. The van der Waals surface area contributed by atoms with Crippen LogP contribution in [0.1, 0.15) is 188 Å². The lowest BCUT2D eigenvalue weighted by atomic mass is 9.34. The third kappa shape index (κ3) is 5.38. The number of carbonyl (C=O) groups is 4. The van der Waals surface area contributed by atoms with Crippen molar-refractivity contribution < 1.29 is 43.2 Å². The molecule has 9 nitrogen and oxygen atoms in total. The zero-order chi connectivity index (χ0) is 49.9. The number of hydrogen-bond donors (Lipinski definition) is 1. The van der Waals surface area contributed by atoms with E-state index in [1.807, 2.05) is 19.1 Å². The molecule has 0 radical (unpaired) electrons. The fourth-order valence-electron chi connectivity index (χ4n) is 18.9. The van der Waals surface area contributed by atoms with Crippen molar-refractivity contribution in [1.82, 2.24) is 0 Å². The maximum absolute atomic E-state index is 14.9. The Labute approximate surface area is 410 Å². The second-order valence-corrected chi connectivity index (χ2v) is 27.2. The molecule has 9 aliphatic carbocycles. The largest absolute Gasteiger partial charge is 0.471 e. The highest BCUT2D eigenvalue weighted by Gasteiger charge is 2.72. The highest BCUT2D eigenvalue weighted by atomic mass is 16.7. The number of methoxy groups -OCH3 is 2. The molecule has 0 bridgehead atoms. The highest BCUT2D eigenvalue weighted by molar-refractivity contribution is 6.10. The van der Waals surface area contributed by atoms with E-state index in [0.717, 1.165) is 112 Å². The molecular formula is C60H78O9. The summed E-state index contributed by atoms with van der Waals surface area (Å²) in [6.07, 6.45) is 20.6. The summed E-state index contributed by atoms with van der Waals surface area (Å²) in [7, 11) is 3.02. The van der Waals surface area contributed by atoms with E-state index >= 15 is 0 Å². The summed E-state index contributed by atoms with van der Waals surface area (Å²) in [6.45, 7) is 27.0. The molecule has 0 saturated heterocycles. The van der Waals surface area contributed by atoms with Crippen molar-refractivity contribution in [2.75, 3.05) is 14.2 Å². The molecule has 10 aliphatic rings. The normalized spacial score (nSPS) is 48.9. The highest BCUT2D eigenvalue weighted by Crippen LogP contribution is 2.78. The van der Waals surface area contributed by atoms with Crippen LogP contribution in [0.4, 0.5) is 0 Å². The van der Waals surface area contributed by atoms with E-state index in [-0.39, 0.29) is 61.9 Å². The quantitative estimate of drug-likeness (QED) is 0.289. The Bertz CT molecular complexity index is 2720. The molecule has 6 saturated carbocycles. The molecule has 1 heterocycles. The molecule has 0 unspecified atom stereocenters. The number of carbonyl (C=O) groups excluding carboxylic acids is 4. The first-order valence-corrected chi connectivity index (χ1v) is 26.4. The van der Waals surface area contributed by atoms with Gasteiger partial charge in [0.25, 0.3) is 0 Å². The van der Waals surface area contributed by atoms with Crippen LogP contribution in [0.25, 0.3) is 0 Å². The Hall–Kier alpha value is -3.98. The van der Waals surface area contributed by atoms with Crippen molar-refractivity contribution >= 4 is 23.5 Å². The first-order valence-electron chi connectivity index (χ1n) is 26.4. The molecule has 9 heteroatoms. The minimum Gasteiger partial charge on any atom is -0.471 e. The van der Waals surface area contributed by atoms with Gasteiger partial charge in [0.2, 0.25) is 11.4 Å². The number of benzene rings is 1. The topological polar surface area (TPSA) is 125 Å². The summed E-state index contributed by atoms with van der Waals surface area (Å²) in [6, 6.07) is 2.01. The average Bonchev–Trinajstić information content (AvgIpc) is 3.30. The lowest BCUT2D eigenvalue weighted by Crippen LogP contribution is -2.70. The second-order valence-electron chi connectivity index (χ2n) is 27.2. The van der Waals surface area contributed by atoms with Gasteiger partial charge in [0.1, 0.15) is 0 Å². The maximum atomic E-state index is 14.9. The molecule has 6 fully saturated rings. The third-order valence-electron chi connectivity index (χ3n) is 24.2. The van der Waals surface area contributed by atoms with Crippen molar-refractivity contribution in [3.8, 4) is 11.5 Å². The standard InChI is InChI=1S/C60H78O9/c1-34-45-37(54(7)24-28-58(11)43-33-52(5,48(64)67-14)20-18-50(43,3)22-26-56(58,9)41(54)31-38(45)61)29-39-46(34)69-60(65)44(62)30-36-35(59(60,12)68-39)15-16-40-53(36,6)23-27-57(10)42-32-51(4,47(63)66-13)19-17-49(42,2)21-25-55(40,57)8/h15-16,29-31,42-43,65H,17-28,32-33H2,1-14H3/t42-,43+,49-,50-,51-,52-,53+,54+,55-,56-,57+,58+,59+,60-/m1/s1. The molecule has 1 aliphatic heterocycles. The first kappa shape index (κ1) is 47.4. The van der Waals surface area contributed by atoms with Gasteiger partial charge in [-0.15, -0.1) is 0 Å². The van der Waals surface area contributed by atoms with E-state index in [9.17, 15) is 24.3 Å². The van der Waals surface area contributed by atoms with Crippen LogP contribution in [0.2, 0.25) is 0 Å². The van der Waals surface area contributed by atoms with Crippen molar-refractivity contribution in [2.24, 2.45) is 60.6 Å². The van der Waals surface area contributed by atoms with Gasteiger partial charge < -0.3 is 24.1 Å². The number of allylic oxidation sites excluding steroid dienone is 5. The lowest BCUT2D eigenvalue weighted by molar-refractivity contribution is -0.231. The summed E-state index contributed by atoms with van der Waals surface area (Å²) in [5.74, 6) is -2.04. The summed E-state index contributed by atoms with van der Waals surface area (Å²) in [5, 5.41) is 12.8. The Kier molecular flexibility index (Phi) is 9.43. The van der Waals surface area contributed by atoms with Crippen molar-refractivity contribution in [3.63, 3.8) is 0 Å². The van der Waals surface area contributed by atoms with Gasteiger partial charge in [-0.1, -0.05) is 73.1 Å². The van der Waals surface area contributed by atoms with Crippen LogP contribution in [0.5, 0.6) is 11.5 Å². The summed E-state index contributed by atoms with van der Waals surface area (Å²) in [5.41, 5.74) is 1.80. The van der Waals surface area contributed by atoms with Gasteiger partial charge in [-0.25, -0.2) is 0 Å². The number of ether oxygens (including phenoxy) is 4. The van der Waals surface area contributed by atoms with Crippen LogP contribution in [0, 0.1) is 67.5 Å². The van der Waals surface area contributed by atoms with Crippen LogP contribution in [-0.2, 0) is 29.3 Å². The van der Waals surface area contributed by atoms with Crippen LogP contribution < -0.4 is 9.47 Å². The van der Waals surface area contributed by atoms with Crippen molar-refractivity contribution in [3.05, 3.63) is 69.4 Å². The molecule has 1 N–H and O–H groups in total. The zero-order valence-corrected chi connectivity index (χ0v) is 44.2. The number of ketones is 2. The number of fused-ring (bicyclic) bond motifs is 17. The van der Waals surface area contributed by atoms with Crippen LogP contribution in [0.3, 0.4) is 0 Å². The second kappa shape index (κ2) is 13.7. The molecule has 11 rings (SSSR count). The Morgan fingerprint density at radius 3 is 1.65 bits per heavy atom. The van der Waals surface area contributed by atoms with Gasteiger partial charge in [0.15, 0.2) is 17.3 Å². The number of aliphatic hydroxyl groups is 1. The van der Waals surface area contributed by atoms with Gasteiger partial charge in [0, 0.05) is 27.5 Å². The van der Waals surface area contributed by atoms with Gasteiger partial charge >= 0.3 is 17.7 Å². The van der Waals surface area contributed by atoms with Crippen molar-refractivity contribution in [2.45, 2.75) is 190 Å². The van der Waals surface area contributed by atoms with E-state index in [2.05, 4.69) is 81.4 Å². The van der Waals surface area contributed by atoms with Crippen LogP contribution in [0.15, 0.2) is 52.7 Å². The minimum atomic E-state index is -2.38. The minimum absolute atomic E-state index is 0.0847. The molecular weight excluding hydrogens is 865 g/mol. The fraction of sp³-hybridized carbons (Fsp3) is 0.700. The Balaban J connectivity index is 0.979. The molecule has 372 valence electrons. The predicted octanol–water partition coefficient (Wildman–Crippen LogP) is 12.1. The zero-order valence-electron chi connectivity index (χ0n) is 44.2. The summed E-state index contributed by atoms with van der Waals surface area (Å²) < 4.78 is 24.7. The molecule has 0 aromatic heterocycles. The Morgan fingerprint density at radius 2 is 1.12 bits per heavy atom. The monoisotopic (exact) mass is 943 g/mol. The summed E-state index contributed by atoms with van der Waals surface area (Å²) >= 11 is 0. The maximum Gasteiger partial charge on any atom is 0.317 e. The third-order valence-corrected chi connectivity index (χ3v) is 24.2. The van der Waals surface area contributed by atoms with E-state index in [4.69, 9.17) is 18.9 Å². The van der Waals surface area contributed by atoms with E-state index in [1.165, 1.54) is 19.8 Å². The number of rotatable bonds is 2. The molecule has 0 amide bonds. The molecule has 1 aromatic carbocycles. The van der Waals surface area contributed by atoms with Crippen LogP contribution in [-0.4, -0.2) is 54.2 Å².